The van der Waals surface area contributed by atoms with Crippen LogP contribution < -0.4 is 21.9 Å². The highest BCUT2D eigenvalue weighted by molar-refractivity contribution is 5.98. The molecule has 9 heteroatoms. The van der Waals surface area contributed by atoms with E-state index in [0.29, 0.717) is 17.9 Å². The molecular formula is C22H29FN6O2. The fourth-order valence-corrected chi connectivity index (χ4v) is 3.72. The molecule has 31 heavy (non-hydrogen) atoms. The predicted molar refractivity (Wildman–Crippen MR) is 119 cm³/mol. The normalized spacial score (nSPS) is 16.0. The Morgan fingerprint density at radius 1 is 1.35 bits per heavy atom. The highest BCUT2D eigenvalue weighted by Crippen LogP contribution is 2.30. The number of nitrogens with one attached hydrogen (secondary N) is 1. The van der Waals surface area contributed by atoms with Gasteiger partial charge in [-0.25, -0.2) is 15.2 Å². The van der Waals surface area contributed by atoms with E-state index < -0.39 is 17.8 Å². The molecule has 1 saturated heterocycles. The number of primary amides is 1. The molecule has 0 saturated carbocycles. The molecule has 1 aromatic carbocycles. The summed E-state index contributed by atoms with van der Waals surface area (Å²) in [6, 6.07) is 8.44. The van der Waals surface area contributed by atoms with Gasteiger partial charge in [-0.1, -0.05) is 12.1 Å². The van der Waals surface area contributed by atoms with E-state index in [1.54, 1.807) is 6.92 Å². The summed E-state index contributed by atoms with van der Waals surface area (Å²) in [5, 5.41) is 4.12. The van der Waals surface area contributed by atoms with Crippen molar-refractivity contribution in [2.45, 2.75) is 38.1 Å². The van der Waals surface area contributed by atoms with Crippen LogP contribution in [-0.2, 0) is 4.79 Å². The maximum absolute atomic E-state index is 14.6. The van der Waals surface area contributed by atoms with Gasteiger partial charge in [0.25, 0.3) is 5.91 Å². The number of rotatable bonds is 8. The van der Waals surface area contributed by atoms with Gasteiger partial charge in [-0.15, -0.1) is 0 Å². The van der Waals surface area contributed by atoms with Crippen LogP contribution in [0, 0.1) is 5.82 Å². The van der Waals surface area contributed by atoms with Crippen molar-refractivity contribution in [2.24, 2.45) is 11.6 Å². The summed E-state index contributed by atoms with van der Waals surface area (Å²) in [6.07, 6.45) is 3.04. The van der Waals surface area contributed by atoms with Crippen LogP contribution in [0.1, 0.15) is 48.0 Å². The van der Waals surface area contributed by atoms with E-state index in [-0.39, 0.29) is 23.6 Å². The second kappa shape index (κ2) is 9.84. The van der Waals surface area contributed by atoms with Crippen molar-refractivity contribution in [3.8, 4) is 0 Å². The number of carbonyl (C=O) groups excluding carboxylic acids is 2. The number of hydrogen-bond acceptors (Lipinski definition) is 7. The number of nitrogens with zero attached hydrogens (tertiary/aromatic N) is 3. The minimum atomic E-state index is -0.812. The third-order valence-corrected chi connectivity index (χ3v) is 5.74. The van der Waals surface area contributed by atoms with Gasteiger partial charge >= 0.3 is 0 Å². The largest absolute Gasteiger partial charge is 0.365 e. The quantitative estimate of drug-likeness (QED) is 0.336. The summed E-state index contributed by atoms with van der Waals surface area (Å²) in [6.45, 7) is 3.83. The lowest BCUT2D eigenvalue weighted by atomic mass is 9.89. The molecule has 0 radical (unpaired) electrons. The summed E-state index contributed by atoms with van der Waals surface area (Å²) in [5.41, 5.74) is 7.29. The molecule has 1 aliphatic rings. The van der Waals surface area contributed by atoms with E-state index in [0.717, 1.165) is 37.0 Å². The van der Waals surface area contributed by atoms with Gasteiger partial charge in [-0.3, -0.25) is 9.80 Å². The number of anilines is 3. The van der Waals surface area contributed by atoms with E-state index in [2.05, 4.69) is 22.2 Å². The second-order valence-corrected chi connectivity index (χ2v) is 8.04. The highest BCUT2D eigenvalue weighted by Gasteiger charge is 2.22. The van der Waals surface area contributed by atoms with Crippen LogP contribution in [-0.4, -0.2) is 48.3 Å². The number of nitrogens with two attached hydrogens (primary N) is 2. The zero-order valence-electron chi connectivity index (χ0n) is 17.8. The molecule has 1 fully saturated rings. The minimum absolute atomic E-state index is 0.0860. The monoisotopic (exact) mass is 428 g/mol. The maximum Gasteiger partial charge on any atom is 0.252 e. The van der Waals surface area contributed by atoms with E-state index in [9.17, 15) is 14.0 Å². The predicted octanol–water partition coefficient (Wildman–Crippen LogP) is 2.53. The van der Waals surface area contributed by atoms with Crippen LogP contribution in [0.25, 0.3) is 0 Å². The number of aldehydes is 1. The molecular weight excluding hydrogens is 399 g/mol. The summed E-state index contributed by atoms with van der Waals surface area (Å²) in [7, 11) is 2.13. The van der Waals surface area contributed by atoms with E-state index >= 15 is 0 Å². The first kappa shape index (κ1) is 22.6. The fraction of sp³-hybridized carbons (Fsp3) is 0.409. The smallest absolute Gasteiger partial charge is 0.252 e. The Bertz CT molecular complexity index is 928. The Balaban J connectivity index is 1.84. The number of piperidine rings is 1. The molecule has 8 nitrogen and oxygen atoms in total. The second-order valence-electron chi connectivity index (χ2n) is 8.04. The van der Waals surface area contributed by atoms with Gasteiger partial charge in [0.15, 0.2) is 11.6 Å². The summed E-state index contributed by atoms with van der Waals surface area (Å²) in [5.74, 6) is 4.79. The number of pyridine rings is 1. The number of carbonyl (C=O) groups is 2. The van der Waals surface area contributed by atoms with Crippen LogP contribution >= 0.6 is 0 Å². The Morgan fingerprint density at radius 2 is 2.00 bits per heavy atom. The van der Waals surface area contributed by atoms with Gasteiger partial charge in [0.05, 0.1) is 11.6 Å². The molecule has 1 amide bonds. The van der Waals surface area contributed by atoms with E-state index in [4.69, 9.17) is 11.6 Å². The SMILES string of the molecule is CC(CC=O)N(N)c1nc(Nc2ccc(C3CCN(C)CC3)cc2)c(C(N)=O)cc1F. The van der Waals surface area contributed by atoms with Crippen molar-refractivity contribution in [1.82, 2.24) is 9.88 Å². The summed E-state index contributed by atoms with van der Waals surface area (Å²) >= 11 is 0. The van der Waals surface area contributed by atoms with Crippen LogP contribution in [0.3, 0.4) is 0 Å². The third-order valence-electron chi connectivity index (χ3n) is 5.74. The van der Waals surface area contributed by atoms with Crippen molar-refractivity contribution < 1.29 is 14.0 Å². The molecule has 3 rings (SSSR count). The van der Waals surface area contributed by atoms with E-state index in [1.165, 1.54) is 5.56 Å². The van der Waals surface area contributed by atoms with Gasteiger partial charge < -0.3 is 20.7 Å². The first-order valence-electron chi connectivity index (χ1n) is 10.3. The highest BCUT2D eigenvalue weighted by atomic mass is 19.1. The minimum Gasteiger partial charge on any atom is -0.365 e. The molecule has 0 spiro atoms. The standard InChI is InChI=1S/C22H29FN6O2/c1-14(9-12-30)29(25)22-19(23)13-18(20(24)31)21(27-22)26-17-5-3-15(4-6-17)16-7-10-28(2)11-8-16/h3-6,12-14,16H,7-11,25H2,1-2H3,(H2,24,31)(H,26,27). The number of hydrogen-bond donors (Lipinski definition) is 3. The number of aromatic nitrogens is 1. The van der Waals surface area contributed by atoms with Gasteiger partial charge in [-0.2, -0.15) is 0 Å². The number of halogens is 1. The van der Waals surface area contributed by atoms with E-state index in [1.807, 2.05) is 24.3 Å². The molecule has 5 N–H and O–H groups in total. The molecule has 2 heterocycles. The Hall–Kier alpha value is -3.04. The van der Waals surface area contributed by atoms with Gasteiger partial charge in [-0.05, 0) is 69.6 Å². The fourth-order valence-electron chi connectivity index (χ4n) is 3.72. The Labute approximate surface area is 181 Å². The summed E-state index contributed by atoms with van der Waals surface area (Å²) in [4.78, 5) is 29.2. The van der Waals surface area contributed by atoms with Crippen LogP contribution in [0.2, 0.25) is 0 Å². The first-order chi connectivity index (χ1) is 14.8. The average molecular weight is 429 g/mol. The number of amides is 1. The van der Waals surface area contributed by atoms with Crippen molar-refractivity contribution in [3.63, 3.8) is 0 Å². The van der Waals surface area contributed by atoms with Gasteiger partial charge in [0.1, 0.15) is 12.1 Å². The maximum atomic E-state index is 14.6. The number of benzene rings is 1. The lowest BCUT2D eigenvalue weighted by molar-refractivity contribution is -0.108. The molecule has 1 aliphatic heterocycles. The van der Waals surface area contributed by atoms with Crippen LogP contribution in [0.5, 0.6) is 0 Å². The van der Waals surface area contributed by atoms with Gasteiger partial charge in [0, 0.05) is 12.1 Å². The van der Waals surface area contributed by atoms with Gasteiger partial charge in [0.2, 0.25) is 0 Å². The molecule has 0 bridgehead atoms. The number of hydrazine groups is 1. The van der Waals surface area contributed by atoms with Crippen molar-refractivity contribution in [2.75, 3.05) is 30.5 Å². The first-order valence-corrected chi connectivity index (χ1v) is 10.3. The number of likely N-dealkylation sites (tertiary alicyclic amines) is 1. The van der Waals surface area contributed by atoms with Crippen molar-refractivity contribution in [3.05, 3.63) is 47.3 Å². The lowest BCUT2D eigenvalue weighted by Gasteiger charge is -2.29. The zero-order chi connectivity index (χ0) is 22.5. The van der Waals surface area contributed by atoms with Crippen molar-refractivity contribution in [1.29, 1.82) is 0 Å². The van der Waals surface area contributed by atoms with Crippen LogP contribution in [0.15, 0.2) is 30.3 Å². The molecule has 166 valence electrons. The Morgan fingerprint density at radius 3 is 2.58 bits per heavy atom. The molecule has 1 unspecified atom stereocenters. The lowest BCUT2D eigenvalue weighted by Crippen LogP contribution is -2.41. The average Bonchev–Trinajstić information content (AvgIpc) is 2.75. The zero-order valence-corrected chi connectivity index (χ0v) is 17.8. The van der Waals surface area contributed by atoms with Crippen molar-refractivity contribution >= 4 is 29.5 Å². The Kier molecular flexibility index (Phi) is 7.19. The van der Waals surface area contributed by atoms with Crippen LogP contribution in [0.4, 0.5) is 21.7 Å². The third kappa shape index (κ3) is 5.36. The molecule has 1 aromatic heterocycles. The molecule has 1 atom stereocenters. The molecule has 2 aromatic rings. The topological polar surface area (TPSA) is 118 Å². The summed E-state index contributed by atoms with van der Waals surface area (Å²) < 4.78 is 14.6. The molecule has 0 aliphatic carbocycles.